The van der Waals surface area contributed by atoms with Crippen LogP contribution < -0.4 is 5.32 Å². The average molecular weight is 309 g/mol. The molecule has 3 unspecified atom stereocenters. The molecule has 120 valence electrons. The van der Waals surface area contributed by atoms with E-state index in [2.05, 4.69) is 48.7 Å². The van der Waals surface area contributed by atoms with E-state index in [1.807, 2.05) is 11.3 Å². The fourth-order valence-corrected chi connectivity index (χ4v) is 4.56. The molecular formula is C18H32N2S. The minimum Gasteiger partial charge on any atom is -0.317 e. The molecule has 3 heteroatoms. The number of nitrogens with one attached hydrogen (secondary N) is 1. The monoisotopic (exact) mass is 308 g/mol. The van der Waals surface area contributed by atoms with Gasteiger partial charge in [-0.1, -0.05) is 25.8 Å². The van der Waals surface area contributed by atoms with Gasteiger partial charge in [-0.05, 0) is 63.1 Å². The first-order chi connectivity index (χ1) is 10.2. The average Bonchev–Trinajstić information content (AvgIpc) is 2.99. The number of hydrogen-bond donors (Lipinski definition) is 1. The van der Waals surface area contributed by atoms with E-state index in [1.165, 1.54) is 56.5 Å². The summed E-state index contributed by atoms with van der Waals surface area (Å²) in [5.41, 5.74) is 0. The smallest absolute Gasteiger partial charge is 0.0105 e. The van der Waals surface area contributed by atoms with Gasteiger partial charge >= 0.3 is 0 Å². The molecule has 3 atom stereocenters. The minimum atomic E-state index is 0.724. The Balaban J connectivity index is 1.79. The van der Waals surface area contributed by atoms with E-state index in [0.29, 0.717) is 0 Å². The zero-order valence-electron chi connectivity index (χ0n) is 14.0. The Bertz CT molecular complexity index is 377. The minimum absolute atomic E-state index is 0.724. The van der Waals surface area contributed by atoms with E-state index in [0.717, 1.165) is 17.9 Å². The fraction of sp³-hybridized carbons (Fsp3) is 0.778. The van der Waals surface area contributed by atoms with Gasteiger partial charge in [0.05, 0.1) is 0 Å². The first-order valence-electron chi connectivity index (χ1n) is 8.61. The fourth-order valence-electron chi connectivity index (χ4n) is 3.86. The van der Waals surface area contributed by atoms with Crippen LogP contribution in [0.25, 0.3) is 0 Å². The highest BCUT2D eigenvalue weighted by Crippen LogP contribution is 2.32. The summed E-state index contributed by atoms with van der Waals surface area (Å²) in [4.78, 5) is 4.06. The molecule has 21 heavy (non-hydrogen) atoms. The molecule has 0 amide bonds. The van der Waals surface area contributed by atoms with E-state index >= 15 is 0 Å². The first kappa shape index (κ1) is 17.0. The number of likely N-dealkylation sites (N-methyl/N-ethyl adjacent to an activating group) is 1. The van der Waals surface area contributed by atoms with Crippen LogP contribution in [0.1, 0.15) is 43.9 Å². The van der Waals surface area contributed by atoms with Gasteiger partial charge in [0, 0.05) is 24.0 Å². The van der Waals surface area contributed by atoms with Crippen molar-refractivity contribution < 1.29 is 0 Å². The molecule has 0 aliphatic heterocycles. The lowest BCUT2D eigenvalue weighted by Gasteiger charge is -2.38. The number of nitrogens with zero attached hydrogens (tertiary/aromatic N) is 1. The summed E-state index contributed by atoms with van der Waals surface area (Å²) in [6, 6.07) is 5.14. The lowest BCUT2D eigenvalue weighted by molar-refractivity contribution is 0.154. The van der Waals surface area contributed by atoms with Crippen molar-refractivity contribution in [2.45, 2.75) is 51.5 Å². The van der Waals surface area contributed by atoms with Crippen LogP contribution in [0.3, 0.4) is 0 Å². The number of rotatable bonds is 8. The van der Waals surface area contributed by atoms with Crippen molar-refractivity contribution in [3.05, 3.63) is 22.4 Å². The van der Waals surface area contributed by atoms with Crippen molar-refractivity contribution in [1.29, 1.82) is 0 Å². The standard InChI is InChI=1S/C18H32N2S/c1-4-6-15-8-9-18(19-2)16(13-15)14-20(3)11-10-17-7-5-12-21-17/h5,7,12,15-16,18-19H,4,6,8-11,13-14H2,1-3H3. The molecule has 1 fully saturated rings. The van der Waals surface area contributed by atoms with Gasteiger partial charge in [0.2, 0.25) is 0 Å². The van der Waals surface area contributed by atoms with Gasteiger partial charge in [0.25, 0.3) is 0 Å². The molecule has 0 spiro atoms. The van der Waals surface area contributed by atoms with E-state index in [9.17, 15) is 0 Å². The van der Waals surface area contributed by atoms with Crippen LogP contribution >= 0.6 is 11.3 Å². The normalized spacial score (nSPS) is 26.4. The van der Waals surface area contributed by atoms with Gasteiger partial charge in [-0.2, -0.15) is 0 Å². The molecule has 0 saturated heterocycles. The molecular weight excluding hydrogens is 276 g/mol. The third-order valence-electron chi connectivity index (χ3n) is 5.02. The highest BCUT2D eigenvalue weighted by Gasteiger charge is 2.29. The first-order valence-corrected chi connectivity index (χ1v) is 9.49. The third kappa shape index (κ3) is 5.39. The molecule has 0 bridgehead atoms. The molecule has 1 aliphatic rings. The molecule has 1 aliphatic carbocycles. The topological polar surface area (TPSA) is 15.3 Å². The lowest BCUT2D eigenvalue weighted by Crippen LogP contribution is -2.44. The molecule has 1 aromatic rings. The Morgan fingerprint density at radius 2 is 2.24 bits per heavy atom. The van der Waals surface area contributed by atoms with E-state index in [4.69, 9.17) is 0 Å². The maximum atomic E-state index is 3.57. The summed E-state index contributed by atoms with van der Waals surface area (Å²) in [5.74, 6) is 1.80. The van der Waals surface area contributed by atoms with Crippen molar-refractivity contribution in [1.82, 2.24) is 10.2 Å². The van der Waals surface area contributed by atoms with Gasteiger partial charge in [-0.25, -0.2) is 0 Å². The third-order valence-corrected chi connectivity index (χ3v) is 5.96. The Morgan fingerprint density at radius 3 is 2.90 bits per heavy atom. The molecule has 2 rings (SSSR count). The van der Waals surface area contributed by atoms with Crippen LogP contribution in [0.5, 0.6) is 0 Å². The van der Waals surface area contributed by atoms with Gasteiger partial charge in [0.1, 0.15) is 0 Å². The zero-order valence-corrected chi connectivity index (χ0v) is 14.8. The molecule has 0 radical (unpaired) electrons. The molecule has 0 aromatic carbocycles. The van der Waals surface area contributed by atoms with Gasteiger partial charge < -0.3 is 10.2 Å². The maximum absolute atomic E-state index is 3.57. The molecule has 1 N–H and O–H groups in total. The van der Waals surface area contributed by atoms with Crippen molar-refractivity contribution in [3.8, 4) is 0 Å². The van der Waals surface area contributed by atoms with Crippen LogP contribution in [-0.2, 0) is 6.42 Å². The Kier molecular flexibility index (Phi) is 7.21. The summed E-state index contributed by atoms with van der Waals surface area (Å²) < 4.78 is 0. The summed E-state index contributed by atoms with van der Waals surface area (Å²) in [6.45, 7) is 4.76. The number of thiophene rings is 1. The Hall–Kier alpha value is -0.380. The van der Waals surface area contributed by atoms with Gasteiger partial charge in [-0.15, -0.1) is 11.3 Å². The zero-order chi connectivity index (χ0) is 15.1. The second kappa shape index (κ2) is 8.92. The largest absolute Gasteiger partial charge is 0.317 e. The molecule has 1 aromatic heterocycles. The van der Waals surface area contributed by atoms with Crippen molar-refractivity contribution >= 4 is 11.3 Å². The van der Waals surface area contributed by atoms with Gasteiger partial charge in [-0.3, -0.25) is 0 Å². The second-order valence-electron chi connectivity index (χ2n) is 6.71. The van der Waals surface area contributed by atoms with Crippen LogP contribution in [0.4, 0.5) is 0 Å². The second-order valence-corrected chi connectivity index (χ2v) is 7.75. The predicted octanol–water partition coefficient (Wildman–Crippen LogP) is 4.03. The summed E-state index contributed by atoms with van der Waals surface area (Å²) in [7, 11) is 4.44. The van der Waals surface area contributed by atoms with E-state index in [-0.39, 0.29) is 0 Å². The van der Waals surface area contributed by atoms with E-state index < -0.39 is 0 Å². The molecule has 1 saturated carbocycles. The summed E-state index contributed by atoms with van der Waals surface area (Å²) in [5, 5.41) is 5.75. The SMILES string of the molecule is CCCC1CCC(NC)C(CN(C)CCc2cccs2)C1. The Labute approximate surface area is 134 Å². The molecule has 2 nitrogen and oxygen atoms in total. The predicted molar refractivity (Wildman–Crippen MR) is 94.1 cm³/mol. The van der Waals surface area contributed by atoms with Crippen LogP contribution in [0.15, 0.2) is 17.5 Å². The maximum Gasteiger partial charge on any atom is 0.0105 e. The van der Waals surface area contributed by atoms with Crippen LogP contribution in [-0.4, -0.2) is 38.1 Å². The quantitative estimate of drug-likeness (QED) is 0.780. The summed E-state index contributed by atoms with van der Waals surface area (Å²) >= 11 is 1.88. The van der Waals surface area contributed by atoms with Gasteiger partial charge in [0.15, 0.2) is 0 Å². The summed E-state index contributed by atoms with van der Waals surface area (Å²) in [6.07, 6.45) is 8.17. The van der Waals surface area contributed by atoms with Crippen LogP contribution in [0.2, 0.25) is 0 Å². The Morgan fingerprint density at radius 1 is 1.38 bits per heavy atom. The highest BCUT2D eigenvalue weighted by atomic mass is 32.1. The number of hydrogen-bond acceptors (Lipinski definition) is 3. The van der Waals surface area contributed by atoms with Crippen molar-refractivity contribution in [3.63, 3.8) is 0 Å². The lowest BCUT2D eigenvalue weighted by atomic mass is 9.76. The van der Waals surface area contributed by atoms with Crippen molar-refractivity contribution in [2.24, 2.45) is 11.8 Å². The van der Waals surface area contributed by atoms with Crippen molar-refractivity contribution in [2.75, 3.05) is 27.2 Å². The van der Waals surface area contributed by atoms with Crippen LogP contribution in [0, 0.1) is 11.8 Å². The molecule has 1 heterocycles. The highest BCUT2D eigenvalue weighted by molar-refractivity contribution is 7.09. The van der Waals surface area contributed by atoms with E-state index in [1.54, 1.807) is 0 Å².